The maximum atomic E-state index is 11.3. The number of nitrogen functional groups attached to an aromatic ring is 1. The summed E-state index contributed by atoms with van der Waals surface area (Å²) in [6, 6.07) is 5.02. The van der Waals surface area contributed by atoms with Crippen LogP contribution in [0.15, 0.2) is 24.4 Å². The van der Waals surface area contributed by atoms with E-state index in [1.165, 1.54) is 10.9 Å². The zero-order valence-electron chi connectivity index (χ0n) is 13.8. The predicted octanol–water partition coefficient (Wildman–Crippen LogP) is 2.83. The maximum absolute atomic E-state index is 11.3. The number of aromatic nitrogens is 1. The molecule has 1 aliphatic rings. The van der Waals surface area contributed by atoms with E-state index in [1.54, 1.807) is 23.5 Å². The minimum atomic E-state index is -0.345. The summed E-state index contributed by atoms with van der Waals surface area (Å²) >= 11 is 1.72. The zero-order chi connectivity index (χ0) is 17.3. The third-order valence-corrected chi connectivity index (χ3v) is 5.48. The molecule has 3 rings (SSSR count). The van der Waals surface area contributed by atoms with E-state index >= 15 is 0 Å². The summed E-state index contributed by atoms with van der Waals surface area (Å²) < 4.78 is 0. The van der Waals surface area contributed by atoms with E-state index < -0.39 is 0 Å². The highest BCUT2D eigenvalue weighted by molar-refractivity contribution is 7.11. The molecule has 2 aromatic rings. The lowest BCUT2D eigenvalue weighted by molar-refractivity contribution is -0.384. The third kappa shape index (κ3) is 3.34. The number of nitrogens with two attached hydrogens (primary N) is 1. The van der Waals surface area contributed by atoms with Crippen LogP contribution in [-0.2, 0) is 0 Å². The van der Waals surface area contributed by atoms with Crippen molar-refractivity contribution >= 4 is 28.4 Å². The molecule has 0 radical (unpaired) electrons. The van der Waals surface area contributed by atoms with Gasteiger partial charge >= 0.3 is 0 Å². The van der Waals surface area contributed by atoms with Gasteiger partial charge in [0.15, 0.2) is 0 Å². The van der Waals surface area contributed by atoms with Crippen molar-refractivity contribution in [1.82, 2.24) is 9.88 Å². The largest absolute Gasteiger partial charge is 0.399 e. The molecule has 1 atom stereocenters. The maximum Gasteiger partial charge on any atom is 0.292 e. The number of hydrogen-bond donors (Lipinski definition) is 1. The Morgan fingerprint density at radius 1 is 1.33 bits per heavy atom. The van der Waals surface area contributed by atoms with Crippen LogP contribution in [0.4, 0.5) is 17.1 Å². The smallest absolute Gasteiger partial charge is 0.292 e. The molecule has 1 aromatic carbocycles. The van der Waals surface area contributed by atoms with Crippen molar-refractivity contribution in [3.63, 3.8) is 0 Å². The second-order valence-corrected chi connectivity index (χ2v) is 7.28. The summed E-state index contributed by atoms with van der Waals surface area (Å²) in [6.45, 7) is 7.37. The molecule has 1 aromatic heterocycles. The van der Waals surface area contributed by atoms with Gasteiger partial charge in [-0.05, 0) is 26.0 Å². The average Bonchev–Trinajstić information content (AvgIpc) is 3.00. The summed E-state index contributed by atoms with van der Waals surface area (Å²) in [6.07, 6.45) is 1.91. The van der Waals surface area contributed by atoms with Gasteiger partial charge in [0.1, 0.15) is 10.7 Å². The Bertz CT molecular complexity index is 740. The molecule has 2 N–H and O–H groups in total. The normalized spacial score (nSPS) is 17.0. The number of hydrogen-bond acceptors (Lipinski definition) is 7. The van der Waals surface area contributed by atoms with Gasteiger partial charge in [0.25, 0.3) is 5.69 Å². The van der Waals surface area contributed by atoms with Crippen LogP contribution < -0.4 is 10.6 Å². The monoisotopic (exact) mass is 347 g/mol. The molecule has 1 aliphatic heterocycles. The van der Waals surface area contributed by atoms with Crippen molar-refractivity contribution < 1.29 is 4.92 Å². The van der Waals surface area contributed by atoms with E-state index in [1.807, 2.05) is 11.1 Å². The molecule has 1 fully saturated rings. The minimum absolute atomic E-state index is 0.112. The molecule has 8 heteroatoms. The predicted molar refractivity (Wildman–Crippen MR) is 96.6 cm³/mol. The van der Waals surface area contributed by atoms with Crippen LogP contribution >= 0.6 is 11.3 Å². The second kappa shape index (κ2) is 6.74. The first-order chi connectivity index (χ1) is 11.5. The standard InChI is InChI=1S/C16H21N5O2S/c1-11-10-18-16(24-11)12(2)19-5-7-20(8-6-19)15-9-13(17)3-4-14(15)21(22)23/h3-4,9-10,12H,5-8,17H2,1-2H3/t12-/m1/s1. The van der Waals surface area contributed by atoms with Crippen LogP contribution in [0.2, 0.25) is 0 Å². The Morgan fingerprint density at radius 2 is 2.04 bits per heavy atom. The van der Waals surface area contributed by atoms with Crippen LogP contribution in [0.5, 0.6) is 0 Å². The van der Waals surface area contributed by atoms with E-state index in [0.717, 1.165) is 31.2 Å². The van der Waals surface area contributed by atoms with Crippen LogP contribution in [0.25, 0.3) is 0 Å². The minimum Gasteiger partial charge on any atom is -0.399 e. The van der Waals surface area contributed by atoms with Crippen molar-refractivity contribution in [2.45, 2.75) is 19.9 Å². The Morgan fingerprint density at radius 3 is 2.62 bits per heavy atom. The number of thiazole rings is 1. The van der Waals surface area contributed by atoms with E-state index in [-0.39, 0.29) is 16.7 Å². The number of nitro benzene ring substituents is 1. The van der Waals surface area contributed by atoms with Crippen LogP contribution in [0, 0.1) is 17.0 Å². The molecule has 2 heterocycles. The van der Waals surface area contributed by atoms with E-state index in [2.05, 4.69) is 23.7 Å². The van der Waals surface area contributed by atoms with Gasteiger partial charge in [-0.2, -0.15) is 0 Å². The molecule has 0 unspecified atom stereocenters. The number of nitro groups is 1. The highest BCUT2D eigenvalue weighted by Gasteiger charge is 2.27. The van der Waals surface area contributed by atoms with Crippen LogP contribution in [0.1, 0.15) is 22.9 Å². The highest BCUT2D eigenvalue weighted by Crippen LogP contribution is 2.32. The Balaban J connectivity index is 1.71. The first-order valence-corrected chi connectivity index (χ1v) is 8.72. The molecule has 0 amide bonds. The number of rotatable bonds is 4. The summed E-state index contributed by atoms with van der Waals surface area (Å²) in [7, 11) is 0. The first-order valence-electron chi connectivity index (χ1n) is 7.91. The van der Waals surface area contributed by atoms with Crippen molar-refractivity contribution in [2.75, 3.05) is 36.8 Å². The van der Waals surface area contributed by atoms with Crippen molar-refractivity contribution in [2.24, 2.45) is 0 Å². The SMILES string of the molecule is Cc1cnc([C@@H](C)N2CCN(c3cc(N)ccc3[N+](=O)[O-])CC2)s1. The molecule has 0 aliphatic carbocycles. The summed E-state index contributed by atoms with van der Waals surface area (Å²) in [5.41, 5.74) is 7.09. The van der Waals surface area contributed by atoms with E-state index in [0.29, 0.717) is 11.4 Å². The van der Waals surface area contributed by atoms with Gasteiger partial charge in [-0.25, -0.2) is 4.98 Å². The summed E-state index contributed by atoms with van der Waals surface area (Å²) in [5.74, 6) is 0. The Kier molecular flexibility index (Phi) is 4.68. The quantitative estimate of drug-likeness (QED) is 0.520. The molecule has 7 nitrogen and oxygen atoms in total. The lowest BCUT2D eigenvalue weighted by atomic mass is 10.1. The molecular weight excluding hydrogens is 326 g/mol. The lowest BCUT2D eigenvalue weighted by Crippen LogP contribution is -2.47. The number of benzene rings is 1. The number of piperazine rings is 1. The Hall–Kier alpha value is -2.19. The number of nitrogens with zero attached hydrogens (tertiary/aromatic N) is 4. The van der Waals surface area contributed by atoms with Crippen molar-refractivity contribution in [1.29, 1.82) is 0 Å². The fourth-order valence-electron chi connectivity index (χ4n) is 3.02. The molecule has 24 heavy (non-hydrogen) atoms. The fourth-order valence-corrected chi connectivity index (χ4v) is 3.88. The number of aryl methyl sites for hydroxylation is 1. The van der Waals surface area contributed by atoms with Crippen LogP contribution in [0.3, 0.4) is 0 Å². The van der Waals surface area contributed by atoms with Gasteiger partial charge in [0.2, 0.25) is 0 Å². The molecule has 128 valence electrons. The molecule has 1 saturated heterocycles. The zero-order valence-corrected chi connectivity index (χ0v) is 14.6. The van der Waals surface area contributed by atoms with Gasteiger partial charge in [-0.15, -0.1) is 11.3 Å². The second-order valence-electron chi connectivity index (χ2n) is 6.01. The Labute approximate surface area is 144 Å². The molecule has 0 saturated carbocycles. The highest BCUT2D eigenvalue weighted by atomic mass is 32.1. The number of anilines is 2. The fraction of sp³-hybridized carbons (Fsp3) is 0.438. The van der Waals surface area contributed by atoms with Gasteiger partial charge in [0.05, 0.1) is 11.0 Å². The van der Waals surface area contributed by atoms with Gasteiger partial charge < -0.3 is 10.6 Å². The topological polar surface area (TPSA) is 88.5 Å². The van der Waals surface area contributed by atoms with Gasteiger partial charge in [-0.3, -0.25) is 15.0 Å². The third-order valence-electron chi connectivity index (χ3n) is 4.40. The van der Waals surface area contributed by atoms with Crippen LogP contribution in [-0.4, -0.2) is 41.0 Å². The van der Waals surface area contributed by atoms with Crippen molar-refractivity contribution in [3.05, 3.63) is 44.4 Å². The lowest BCUT2D eigenvalue weighted by Gasteiger charge is -2.38. The molecular formula is C16H21N5O2S. The summed E-state index contributed by atoms with van der Waals surface area (Å²) in [5, 5.41) is 12.4. The molecule has 0 bridgehead atoms. The van der Waals surface area contributed by atoms with Gasteiger partial charge in [-0.1, -0.05) is 0 Å². The van der Waals surface area contributed by atoms with Crippen molar-refractivity contribution in [3.8, 4) is 0 Å². The molecule has 0 spiro atoms. The van der Waals surface area contributed by atoms with E-state index in [4.69, 9.17) is 5.73 Å². The summed E-state index contributed by atoms with van der Waals surface area (Å²) in [4.78, 5) is 21.0. The van der Waals surface area contributed by atoms with Gasteiger partial charge in [0, 0.05) is 49.0 Å². The average molecular weight is 347 g/mol. The van der Waals surface area contributed by atoms with E-state index in [9.17, 15) is 10.1 Å². The first kappa shape index (κ1) is 16.7.